The first kappa shape index (κ1) is 17.4. The van der Waals surface area contributed by atoms with Gasteiger partial charge in [-0.3, -0.25) is 4.79 Å². The molecule has 0 aromatic heterocycles. The monoisotopic (exact) mass is 260 g/mol. The van der Waals surface area contributed by atoms with Crippen LogP contribution in [0.4, 0.5) is 0 Å². The molecule has 1 amide bonds. The molecule has 0 aliphatic rings. The van der Waals surface area contributed by atoms with Gasteiger partial charge in [-0.1, -0.05) is 20.3 Å². The Morgan fingerprint density at radius 2 is 2.00 bits per heavy atom. The Morgan fingerprint density at radius 1 is 1.33 bits per heavy atom. The van der Waals surface area contributed by atoms with E-state index in [9.17, 15) is 4.79 Å². The van der Waals surface area contributed by atoms with E-state index >= 15 is 0 Å². The molecular formula is C13H28N2O3. The SMILES string of the molecule is CCC(C)C(N)C(=O)N(C)CCOCCCOC. The average molecular weight is 260 g/mol. The molecule has 2 N–H and O–H groups in total. The molecule has 5 heteroatoms. The first-order valence-corrected chi connectivity index (χ1v) is 6.61. The summed E-state index contributed by atoms with van der Waals surface area (Å²) in [5, 5.41) is 0. The number of likely N-dealkylation sites (N-methyl/N-ethyl adjacent to an activating group) is 1. The third-order valence-corrected chi connectivity index (χ3v) is 3.13. The maximum Gasteiger partial charge on any atom is 0.239 e. The lowest BCUT2D eigenvalue weighted by molar-refractivity contribution is -0.133. The second-order valence-corrected chi connectivity index (χ2v) is 4.63. The minimum absolute atomic E-state index is 0.00941. The van der Waals surface area contributed by atoms with Gasteiger partial charge in [0.25, 0.3) is 0 Å². The van der Waals surface area contributed by atoms with E-state index in [0.717, 1.165) is 12.8 Å². The molecule has 0 fully saturated rings. The van der Waals surface area contributed by atoms with Gasteiger partial charge in [-0.05, 0) is 12.3 Å². The van der Waals surface area contributed by atoms with Crippen molar-refractivity contribution in [3.8, 4) is 0 Å². The Kier molecular flexibility index (Phi) is 9.92. The van der Waals surface area contributed by atoms with E-state index in [1.54, 1.807) is 19.1 Å². The Hall–Kier alpha value is -0.650. The predicted molar refractivity (Wildman–Crippen MR) is 72.4 cm³/mol. The Balaban J connectivity index is 3.74. The normalized spacial score (nSPS) is 14.3. The summed E-state index contributed by atoms with van der Waals surface area (Å²) >= 11 is 0. The van der Waals surface area contributed by atoms with Gasteiger partial charge >= 0.3 is 0 Å². The number of rotatable bonds is 10. The summed E-state index contributed by atoms with van der Waals surface area (Å²) < 4.78 is 10.3. The lowest BCUT2D eigenvalue weighted by Crippen LogP contribution is -2.46. The molecular weight excluding hydrogens is 232 g/mol. The first-order valence-electron chi connectivity index (χ1n) is 6.61. The summed E-state index contributed by atoms with van der Waals surface area (Å²) in [5.74, 6) is 0.201. The molecule has 0 saturated carbocycles. The highest BCUT2D eigenvalue weighted by Crippen LogP contribution is 2.07. The van der Waals surface area contributed by atoms with E-state index < -0.39 is 6.04 Å². The van der Waals surface area contributed by atoms with Crippen molar-refractivity contribution in [2.24, 2.45) is 11.7 Å². The van der Waals surface area contributed by atoms with Gasteiger partial charge in [-0.25, -0.2) is 0 Å². The van der Waals surface area contributed by atoms with Crippen LogP contribution in [0.3, 0.4) is 0 Å². The highest BCUT2D eigenvalue weighted by Gasteiger charge is 2.22. The van der Waals surface area contributed by atoms with E-state index in [4.69, 9.17) is 15.2 Å². The van der Waals surface area contributed by atoms with Crippen molar-refractivity contribution in [2.45, 2.75) is 32.7 Å². The summed E-state index contributed by atoms with van der Waals surface area (Å²) in [6, 6.07) is -0.409. The molecule has 2 atom stereocenters. The molecule has 0 aliphatic carbocycles. The summed E-state index contributed by atoms with van der Waals surface area (Å²) in [7, 11) is 3.44. The highest BCUT2D eigenvalue weighted by atomic mass is 16.5. The van der Waals surface area contributed by atoms with E-state index in [1.165, 1.54) is 0 Å². The van der Waals surface area contributed by atoms with Crippen LogP contribution in [0.1, 0.15) is 26.7 Å². The lowest BCUT2D eigenvalue weighted by atomic mass is 9.99. The largest absolute Gasteiger partial charge is 0.385 e. The molecule has 5 nitrogen and oxygen atoms in total. The van der Waals surface area contributed by atoms with E-state index in [1.807, 2.05) is 13.8 Å². The fourth-order valence-electron chi connectivity index (χ4n) is 1.47. The molecule has 18 heavy (non-hydrogen) atoms. The molecule has 108 valence electrons. The van der Waals surface area contributed by atoms with Gasteiger partial charge in [0.1, 0.15) is 0 Å². The standard InChI is InChI=1S/C13H28N2O3/c1-5-11(2)12(14)13(16)15(3)7-10-18-9-6-8-17-4/h11-12H,5-10,14H2,1-4H3. The Morgan fingerprint density at radius 3 is 2.56 bits per heavy atom. The minimum atomic E-state index is -0.409. The summed E-state index contributed by atoms with van der Waals surface area (Å²) in [6.07, 6.45) is 1.79. The van der Waals surface area contributed by atoms with Gasteiger partial charge < -0.3 is 20.1 Å². The zero-order valence-electron chi connectivity index (χ0n) is 12.1. The molecule has 0 radical (unpaired) electrons. The zero-order chi connectivity index (χ0) is 14.0. The van der Waals surface area contributed by atoms with Crippen LogP contribution in [-0.4, -0.2) is 57.4 Å². The quantitative estimate of drug-likeness (QED) is 0.592. The van der Waals surface area contributed by atoms with E-state index in [0.29, 0.717) is 26.4 Å². The van der Waals surface area contributed by atoms with Crippen LogP contribution in [0.25, 0.3) is 0 Å². The van der Waals surface area contributed by atoms with Crippen LogP contribution in [-0.2, 0) is 14.3 Å². The zero-order valence-corrected chi connectivity index (χ0v) is 12.1. The molecule has 0 aromatic rings. The topological polar surface area (TPSA) is 64.8 Å². The van der Waals surface area contributed by atoms with Crippen LogP contribution in [0.15, 0.2) is 0 Å². The van der Waals surface area contributed by atoms with Gasteiger partial charge in [0.2, 0.25) is 5.91 Å². The summed E-state index contributed by atoms with van der Waals surface area (Å²) in [4.78, 5) is 13.6. The number of nitrogens with two attached hydrogens (primary N) is 1. The van der Waals surface area contributed by atoms with Crippen LogP contribution in [0.5, 0.6) is 0 Å². The summed E-state index contributed by atoms with van der Waals surface area (Å²) in [6.45, 7) is 6.52. The molecule has 0 aromatic carbocycles. The smallest absolute Gasteiger partial charge is 0.239 e. The number of carbonyl (C=O) groups is 1. The predicted octanol–water partition coefficient (Wildman–Crippen LogP) is 0.871. The van der Waals surface area contributed by atoms with Gasteiger partial charge in [-0.2, -0.15) is 0 Å². The highest BCUT2D eigenvalue weighted by molar-refractivity contribution is 5.81. The molecule has 0 rings (SSSR count). The molecule has 0 heterocycles. The number of hydrogen-bond donors (Lipinski definition) is 1. The van der Waals surface area contributed by atoms with Crippen LogP contribution < -0.4 is 5.73 Å². The third-order valence-electron chi connectivity index (χ3n) is 3.13. The molecule has 0 aliphatic heterocycles. The van der Waals surface area contributed by atoms with Crippen molar-refractivity contribution in [3.05, 3.63) is 0 Å². The molecule has 0 saturated heterocycles. The Labute approximate surface area is 111 Å². The average Bonchev–Trinajstić information content (AvgIpc) is 2.39. The van der Waals surface area contributed by atoms with Crippen LogP contribution >= 0.6 is 0 Å². The second kappa shape index (κ2) is 10.3. The molecule has 0 spiro atoms. The van der Waals surface area contributed by atoms with Gasteiger partial charge in [0.15, 0.2) is 0 Å². The van der Waals surface area contributed by atoms with Crippen molar-refractivity contribution in [2.75, 3.05) is 40.5 Å². The maximum atomic E-state index is 11.9. The van der Waals surface area contributed by atoms with Crippen molar-refractivity contribution in [1.29, 1.82) is 0 Å². The van der Waals surface area contributed by atoms with E-state index in [-0.39, 0.29) is 11.8 Å². The summed E-state index contributed by atoms with van der Waals surface area (Å²) in [5.41, 5.74) is 5.89. The number of ether oxygens (including phenoxy) is 2. The Bertz CT molecular complexity index is 224. The first-order chi connectivity index (χ1) is 8.54. The number of nitrogens with zero attached hydrogens (tertiary/aromatic N) is 1. The number of methoxy groups -OCH3 is 1. The molecule has 0 bridgehead atoms. The van der Waals surface area contributed by atoms with Crippen LogP contribution in [0, 0.1) is 5.92 Å². The van der Waals surface area contributed by atoms with E-state index in [2.05, 4.69) is 0 Å². The van der Waals surface area contributed by atoms with Crippen molar-refractivity contribution in [1.82, 2.24) is 4.90 Å². The maximum absolute atomic E-state index is 11.9. The number of carbonyl (C=O) groups excluding carboxylic acids is 1. The molecule has 2 unspecified atom stereocenters. The fraction of sp³-hybridized carbons (Fsp3) is 0.923. The number of amides is 1. The second-order valence-electron chi connectivity index (χ2n) is 4.63. The van der Waals surface area contributed by atoms with Crippen molar-refractivity contribution >= 4 is 5.91 Å². The fourth-order valence-corrected chi connectivity index (χ4v) is 1.47. The van der Waals surface area contributed by atoms with Gasteiger partial charge in [0, 0.05) is 33.9 Å². The van der Waals surface area contributed by atoms with Gasteiger partial charge in [-0.15, -0.1) is 0 Å². The van der Waals surface area contributed by atoms with Crippen molar-refractivity contribution < 1.29 is 14.3 Å². The van der Waals surface area contributed by atoms with Crippen LogP contribution in [0.2, 0.25) is 0 Å². The van der Waals surface area contributed by atoms with Crippen molar-refractivity contribution in [3.63, 3.8) is 0 Å². The third kappa shape index (κ3) is 6.93. The van der Waals surface area contributed by atoms with Gasteiger partial charge in [0.05, 0.1) is 12.6 Å². The number of hydrogen-bond acceptors (Lipinski definition) is 4. The lowest BCUT2D eigenvalue weighted by Gasteiger charge is -2.24. The minimum Gasteiger partial charge on any atom is -0.385 e.